The Morgan fingerprint density at radius 1 is 1.38 bits per heavy atom. The fourth-order valence-corrected chi connectivity index (χ4v) is 3.01. The van der Waals surface area contributed by atoms with Crippen molar-refractivity contribution in [2.45, 2.75) is 19.8 Å². The van der Waals surface area contributed by atoms with E-state index in [9.17, 15) is 9.18 Å². The number of hydrogen-bond acceptors (Lipinski definition) is 2. The third kappa shape index (κ3) is 5.24. The highest BCUT2D eigenvalue weighted by atomic mass is 79.9. The maximum Gasteiger partial charge on any atom is 0.253 e. The molecule has 0 bridgehead atoms. The van der Waals surface area contributed by atoms with E-state index in [2.05, 4.69) is 28.2 Å². The summed E-state index contributed by atoms with van der Waals surface area (Å²) in [7, 11) is 0. The number of hydrogen-bond donors (Lipinski definition) is 1. The molecule has 118 valence electrons. The van der Waals surface area contributed by atoms with Crippen molar-refractivity contribution in [3.8, 4) is 0 Å². The van der Waals surface area contributed by atoms with Crippen molar-refractivity contribution in [1.29, 1.82) is 0 Å². The maximum atomic E-state index is 13.3. The highest BCUT2D eigenvalue weighted by Gasteiger charge is 2.23. The lowest BCUT2D eigenvalue weighted by Gasteiger charge is -2.32. The van der Waals surface area contributed by atoms with Crippen LogP contribution in [-0.2, 0) is 0 Å². The van der Waals surface area contributed by atoms with E-state index in [1.54, 1.807) is 6.07 Å². The molecule has 1 heterocycles. The first kappa shape index (κ1) is 18.4. The summed E-state index contributed by atoms with van der Waals surface area (Å²) in [6, 6.07) is 4.34. The van der Waals surface area contributed by atoms with Crippen LogP contribution in [0.1, 0.15) is 30.1 Å². The Balaban J connectivity index is 0.00000220. The molecule has 0 saturated carbocycles. The molecule has 6 heteroatoms. The summed E-state index contributed by atoms with van der Waals surface area (Å²) in [4.78, 5) is 14.2. The zero-order valence-corrected chi connectivity index (χ0v) is 14.5. The van der Waals surface area contributed by atoms with E-state index in [1.165, 1.54) is 12.1 Å². The van der Waals surface area contributed by atoms with Gasteiger partial charge in [0.15, 0.2) is 0 Å². The van der Waals surface area contributed by atoms with Crippen molar-refractivity contribution in [3.05, 3.63) is 34.1 Å². The lowest BCUT2D eigenvalue weighted by atomic mass is 9.96. The Morgan fingerprint density at radius 3 is 2.62 bits per heavy atom. The summed E-state index contributed by atoms with van der Waals surface area (Å²) in [6.07, 6.45) is 2.02. The van der Waals surface area contributed by atoms with Gasteiger partial charge in [0.25, 0.3) is 5.91 Å². The average molecular weight is 380 g/mol. The fourth-order valence-electron chi connectivity index (χ4n) is 2.55. The first-order valence-corrected chi connectivity index (χ1v) is 7.85. The minimum absolute atomic E-state index is 0. The van der Waals surface area contributed by atoms with Crippen molar-refractivity contribution >= 4 is 34.2 Å². The van der Waals surface area contributed by atoms with Crippen LogP contribution in [0.5, 0.6) is 0 Å². The second-order valence-electron chi connectivity index (χ2n) is 5.20. The number of amides is 1. The lowest BCUT2D eigenvalue weighted by Crippen LogP contribution is -2.40. The largest absolute Gasteiger partial charge is 0.339 e. The van der Waals surface area contributed by atoms with E-state index in [0.29, 0.717) is 16.0 Å². The summed E-state index contributed by atoms with van der Waals surface area (Å²) in [5, 5.41) is 3.35. The van der Waals surface area contributed by atoms with Gasteiger partial charge in [-0.1, -0.05) is 22.9 Å². The second kappa shape index (κ2) is 8.71. The number of nitrogens with zero attached hydrogens (tertiary/aromatic N) is 1. The monoisotopic (exact) mass is 378 g/mol. The van der Waals surface area contributed by atoms with Gasteiger partial charge < -0.3 is 10.2 Å². The summed E-state index contributed by atoms with van der Waals surface area (Å²) in [6.45, 7) is 5.60. The van der Waals surface area contributed by atoms with E-state index in [1.807, 2.05) is 4.90 Å². The number of nitrogens with one attached hydrogen (secondary N) is 1. The molecule has 1 saturated heterocycles. The molecule has 0 spiro atoms. The molecule has 1 N–H and O–H groups in total. The minimum atomic E-state index is -0.384. The molecule has 0 atom stereocenters. The molecule has 1 aliphatic rings. The maximum absolute atomic E-state index is 13.3. The third-order valence-corrected chi connectivity index (χ3v) is 4.15. The molecule has 0 radical (unpaired) electrons. The Hall–Kier alpha value is -0.650. The van der Waals surface area contributed by atoms with Gasteiger partial charge in [0.2, 0.25) is 0 Å². The van der Waals surface area contributed by atoms with E-state index in [-0.39, 0.29) is 24.1 Å². The Morgan fingerprint density at radius 2 is 2.05 bits per heavy atom. The van der Waals surface area contributed by atoms with Gasteiger partial charge in [-0.2, -0.15) is 0 Å². The Bertz CT molecular complexity index is 458. The van der Waals surface area contributed by atoms with Crippen LogP contribution in [0.2, 0.25) is 0 Å². The quantitative estimate of drug-likeness (QED) is 0.869. The molecular formula is C15H21BrClFN2O. The van der Waals surface area contributed by atoms with Gasteiger partial charge in [0.1, 0.15) is 5.82 Å². The molecule has 1 fully saturated rings. The number of piperidine rings is 1. The second-order valence-corrected chi connectivity index (χ2v) is 6.12. The number of carbonyl (C=O) groups excluding carboxylic acids is 1. The molecule has 3 nitrogen and oxygen atoms in total. The fraction of sp³-hybridized carbons (Fsp3) is 0.533. The van der Waals surface area contributed by atoms with E-state index in [4.69, 9.17) is 0 Å². The minimum Gasteiger partial charge on any atom is -0.339 e. The summed E-state index contributed by atoms with van der Waals surface area (Å²) >= 11 is 3.22. The first-order valence-electron chi connectivity index (χ1n) is 7.06. The van der Waals surface area contributed by atoms with Gasteiger partial charge in [-0.15, -0.1) is 12.4 Å². The third-order valence-electron chi connectivity index (χ3n) is 3.69. The van der Waals surface area contributed by atoms with Crippen molar-refractivity contribution in [2.75, 3.05) is 26.2 Å². The molecule has 21 heavy (non-hydrogen) atoms. The number of likely N-dealkylation sites (tertiary alicyclic amines) is 1. The smallest absolute Gasteiger partial charge is 0.253 e. The van der Waals surface area contributed by atoms with Crippen molar-refractivity contribution < 1.29 is 9.18 Å². The lowest BCUT2D eigenvalue weighted by molar-refractivity contribution is 0.0689. The van der Waals surface area contributed by atoms with Gasteiger partial charge in [-0.3, -0.25) is 4.79 Å². The molecule has 2 rings (SSSR count). The van der Waals surface area contributed by atoms with Gasteiger partial charge in [-0.05, 0) is 50.0 Å². The van der Waals surface area contributed by atoms with Gasteiger partial charge in [-0.25, -0.2) is 4.39 Å². The van der Waals surface area contributed by atoms with Crippen LogP contribution in [0.25, 0.3) is 0 Å². The van der Waals surface area contributed by atoms with Gasteiger partial charge in [0, 0.05) is 23.1 Å². The number of carbonyl (C=O) groups is 1. The summed E-state index contributed by atoms with van der Waals surface area (Å²) in [5.41, 5.74) is 0.419. The average Bonchev–Trinajstić information content (AvgIpc) is 2.44. The van der Waals surface area contributed by atoms with Crippen LogP contribution in [0.4, 0.5) is 4.39 Å². The van der Waals surface area contributed by atoms with E-state index < -0.39 is 0 Å². The predicted octanol–water partition coefficient (Wildman–Crippen LogP) is 3.47. The zero-order valence-electron chi connectivity index (χ0n) is 12.1. The molecule has 1 amide bonds. The summed E-state index contributed by atoms with van der Waals surface area (Å²) in [5.74, 6) is 0.176. The van der Waals surface area contributed by atoms with Crippen LogP contribution in [-0.4, -0.2) is 37.0 Å². The van der Waals surface area contributed by atoms with Gasteiger partial charge in [0.05, 0.1) is 0 Å². The van der Waals surface area contributed by atoms with Crippen LogP contribution >= 0.6 is 28.3 Å². The van der Waals surface area contributed by atoms with Crippen LogP contribution in [0, 0.1) is 11.7 Å². The van der Waals surface area contributed by atoms with Crippen LogP contribution in [0.15, 0.2) is 22.7 Å². The zero-order chi connectivity index (χ0) is 14.5. The highest BCUT2D eigenvalue weighted by molar-refractivity contribution is 9.10. The SMILES string of the molecule is CCNCC1CCN(C(=O)c2cc(F)cc(Br)c2)CC1.Cl. The molecular weight excluding hydrogens is 359 g/mol. The number of halogens is 3. The van der Waals surface area contributed by atoms with Crippen molar-refractivity contribution in [1.82, 2.24) is 10.2 Å². The van der Waals surface area contributed by atoms with Crippen LogP contribution < -0.4 is 5.32 Å². The Labute approximate surface area is 139 Å². The van der Waals surface area contributed by atoms with Crippen molar-refractivity contribution in [3.63, 3.8) is 0 Å². The first-order chi connectivity index (χ1) is 9.60. The topological polar surface area (TPSA) is 32.3 Å². The van der Waals surface area contributed by atoms with Crippen molar-refractivity contribution in [2.24, 2.45) is 5.92 Å². The molecule has 0 aliphatic carbocycles. The highest BCUT2D eigenvalue weighted by Crippen LogP contribution is 2.21. The molecule has 0 unspecified atom stereocenters. The Kier molecular flexibility index (Phi) is 7.63. The van der Waals surface area contributed by atoms with E-state index in [0.717, 1.165) is 39.0 Å². The predicted molar refractivity (Wildman–Crippen MR) is 88.5 cm³/mol. The summed E-state index contributed by atoms with van der Waals surface area (Å²) < 4.78 is 13.9. The van der Waals surface area contributed by atoms with Gasteiger partial charge >= 0.3 is 0 Å². The van der Waals surface area contributed by atoms with E-state index >= 15 is 0 Å². The molecule has 1 aromatic carbocycles. The normalized spacial score (nSPS) is 15.7. The number of benzene rings is 1. The molecule has 1 aliphatic heterocycles. The molecule has 0 aromatic heterocycles. The standard InChI is InChI=1S/C15H20BrFN2O.ClH/c1-2-18-10-11-3-5-19(6-4-11)15(20)12-7-13(16)9-14(17)8-12;/h7-9,11,18H,2-6,10H2,1H3;1H. The molecule has 1 aromatic rings. The van der Waals surface area contributed by atoms with Crippen LogP contribution in [0.3, 0.4) is 0 Å². The number of rotatable bonds is 4.